The van der Waals surface area contributed by atoms with Crippen molar-refractivity contribution in [3.63, 3.8) is 0 Å². The van der Waals surface area contributed by atoms with Crippen molar-refractivity contribution in [1.29, 1.82) is 0 Å². The minimum atomic E-state index is -4.48. The predicted molar refractivity (Wildman–Crippen MR) is 85.5 cm³/mol. The van der Waals surface area contributed by atoms with E-state index in [9.17, 15) is 22.8 Å². The Hall–Kier alpha value is -2.09. The van der Waals surface area contributed by atoms with Crippen LogP contribution >= 0.6 is 0 Å². The van der Waals surface area contributed by atoms with Crippen molar-refractivity contribution >= 4 is 11.9 Å². The average molecular weight is 371 g/mol. The monoisotopic (exact) mass is 371 g/mol. The summed E-state index contributed by atoms with van der Waals surface area (Å²) in [5.74, 6) is -2.61. The lowest BCUT2D eigenvalue weighted by Gasteiger charge is -2.33. The maximum Gasteiger partial charge on any atom is 0.416 e. The van der Waals surface area contributed by atoms with Crippen LogP contribution in [0.15, 0.2) is 24.3 Å². The fraction of sp³-hybridized carbons (Fsp3) is 0.556. The van der Waals surface area contributed by atoms with Crippen molar-refractivity contribution in [3.05, 3.63) is 35.4 Å². The van der Waals surface area contributed by atoms with Gasteiger partial charge in [0.15, 0.2) is 0 Å². The van der Waals surface area contributed by atoms with Gasteiger partial charge in [0.2, 0.25) is 5.91 Å². The van der Waals surface area contributed by atoms with Gasteiger partial charge in [0, 0.05) is 25.2 Å². The molecule has 1 N–H and O–H groups in total. The van der Waals surface area contributed by atoms with Gasteiger partial charge in [-0.05, 0) is 36.8 Å². The Balaban J connectivity index is 1.77. The van der Waals surface area contributed by atoms with Gasteiger partial charge in [-0.3, -0.25) is 9.59 Å². The first-order valence-electron chi connectivity index (χ1n) is 8.55. The molecule has 26 heavy (non-hydrogen) atoms. The second kappa shape index (κ2) is 7.26. The van der Waals surface area contributed by atoms with Crippen molar-refractivity contribution in [2.45, 2.75) is 37.4 Å². The van der Waals surface area contributed by atoms with Gasteiger partial charge < -0.3 is 14.7 Å². The molecule has 142 valence electrons. The van der Waals surface area contributed by atoms with Crippen LogP contribution < -0.4 is 0 Å². The van der Waals surface area contributed by atoms with Gasteiger partial charge in [-0.15, -0.1) is 0 Å². The van der Waals surface area contributed by atoms with E-state index in [-0.39, 0.29) is 17.5 Å². The summed E-state index contributed by atoms with van der Waals surface area (Å²) in [7, 11) is 0. The van der Waals surface area contributed by atoms with Gasteiger partial charge in [0.25, 0.3) is 0 Å². The minimum absolute atomic E-state index is 0.112. The van der Waals surface area contributed by atoms with E-state index in [1.165, 1.54) is 23.1 Å². The third-order valence-electron chi connectivity index (χ3n) is 4.99. The van der Waals surface area contributed by atoms with Crippen LogP contribution in [0.2, 0.25) is 0 Å². The van der Waals surface area contributed by atoms with Crippen molar-refractivity contribution < 1.29 is 32.6 Å². The molecule has 2 fully saturated rings. The fourth-order valence-electron chi connectivity index (χ4n) is 3.63. The highest BCUT2D eigenvalue weighted by atomic mass is 19.4. The zero-order valence-corrected chi connectivity index (χ0v) is 14.0. The van der Waals surface area contributed by atoms with Crippen LogP contribution in [0.3, 0.4) is 0 Å². The Bertz CT molecular complexity index is 685. The average Bonchev–Trinajstić information content (AvgIpc) is 3.39. The molecule has 5 nitrogen and oxygen atoms in total. The molecule has 2 atom stereocenters. The van der Waals surface area contributed by atoms with Crippen LogP contribution in [0.25, 0.3) is 0 Å². The van der Waals surface area contributed by atoms with Crippen LogP contribution in [0.1, 0.15) is 36.3 Å². The van der Waals surface area contributed by atoms with Gasteiger partial charge in [-0.1, -0.05) is 18.2 Å². The lowest BCUT2D eigenvalue weighted by Crippen LogP contribution is -2.46. The van der Waals surface area contributed by atoms with E-state index in [0.717, 1.165) is 6.07 Å². The smallest absolute Gasteiger partial charge is 0.416 e. The van der Waals surface area contributed by atoms with Crippen LogP contribution in [0.5, 0.6) is 0 Å². The summed E-state index contributed by atoms with van der Waals surface area (Å²) < 4.78 is 44.8. The van der Waals surface area contributed by atoms with E-state index in [2.05, 4.69) is 0 Å². The number of hydrogen-bond donors (Lipinski definition) is 1. The van der Waals surface area contributed by atoms with E-state index < -0.39 is 36.1 Å². The number of benzene rings is 1. The van der Waals surface area contributed by atoms with Gasteiger partial charge >= 0.3 is 12.1 Å². The second-order valence-electron chi connectivity index (χ2n) is 6.74. The van der Waals surface area contributed by atoms with Crippen LogP contribution in [0, 0.1) is 5.92 Å². The van der Waals surface area contributed by atoms with Gasteiger partial charge in [0.05, 0.1) is 5.56 Å². The summed E-state index contributed by atoms with van der Waals surface area (Å²) in [6.45, 7) is 0.450. The number of rotatable bonds is 5. The molecule has 1 heterocycles. The number of carbonyl (C=O) groups is 2. The highest BCUT2D eigenvalue weighted by Crippen LogP contribution is 2.52. The SMILES string of the molecule is O=C(O)CN(C(=O)[C@H]1C[C@@H]1c1ccccc1C(F)(F)F)C1CCOCC1. The Labute approximate surface area is 148 Å². The molecule has 0 unspecified atom stereocenters. The summed E-state index contributed by atoms with van der Waals surface area (Å²) in [5, 5.41) is 9.13. The van der Waals surface area contributed by atoms with E-state index in [1.807, 2.05) is 0 Å². The normalized spacial score (nSPS) is 23.5. The van der Waals surface area contributed by atoms with E-state index in [0.29, 0.717) is 32.5 Å². The van der Waals surface area contributed by atoms with Crippen LogP contribution in [-0.4, -0.2) is 47.7 Å². The number of alkyl halides is 3. The molecule has 1 saturated carbocycles. The lowest BCUT2D eigenvalue weighted by molar-refractivity contribution is -0.148. The fourth-order valence-corrected chi connectivity index (χ4v) is 3.63. The van der Waals surface area contributed by atoms with Crippen molar-refractivity contribution in [2.75, 3.05) is 19.8 Å². The van der Waals surface area contributed by atoms with Gasteiger partial charge in [-0.2, -0.15) is 13.2 Å². The van der Waals surface area contributed by atoms with E-state index >= 15 is 0 Å². The number of amides is 1. The number of nitrogens with zero attached hydrogens (tertiary/aromatic N) is 1. The Morgan fingerprint density at radius 3 is 2.46 bits per heavy atom. The third-order valence-corrected chi connectivity index (χ3v) is 4.99. The van der Waals surface area contributed by atoms with Crippen molar-refractivity contribution in [2.24, 2.45) is 5.92 Å². The first-order valence-corrected chi connectivity index (χ1v) is 8.55. The molecule has 1 amide bonds. The van der Waals surface area contributed by atoms with Gasteiger partial charge in [0.1, 0.15) is 6.54 Å². The maximum atomic E-state index is 13.2. The summed E-state index contributed by atoms with van der Waals surface area (Å²) in [6.07, 6.45) is -3.09. The number of carboxylic acid groups (broad SMARTS) is 1. The number of carbonyl (C=O) groups excluding carboxylic acids is 1. The summed E-state index contributed by atoms with van der Waals surface area (Å²) in [6, 6.07) is 5.02. The van der Waals surface area contributed by atoms with Gasteiger partial charge in [-0.25, -0.2) is 0 Å². The molecule has 1 saturated heterocycles. The highest BCUT2D eigenvalue weighted by molar-refractivity contribution is 5.86. The third kappa shape index (κ3) is 4.00. The van der Waals surface area contributed by atoms with Crippen molar-refractivity contribution in [3.8, 4) is 0 Å². The number of halogens is 3. The highest BCUT2D eigenvalue weighted by Gasteiger charge is 2.50. The first kappa shape index (κ1) is 18.7. The molecule has 1 aliphatic heterocycles. The molecule has 8 heteroatoms. The zero-order chi connectivity index (χ0) is 18.9. The van der Waals surface area contributed by atoms with Crippen LogP contribution in [0.4, 0.5) is 13.2 Å². The lowest BCUT2D eigenvalue weighted by atomic mass is 10.0. The molecular weight excluding hydrogens is 351 g/mol. The molecule has 0 radical (unpaired) electrons. The standard InChI is InChI=1S/C18H20F3NO4/c19-18(20,21)15-4-2-1-3-12(15)13-9-14(13)17(25)22(10-16(23)24)11-5-7-26-8-6-11/h1-4,11,13-14H,5-10H2,(H,23,24)/t13-,14+/m1/s1. The minimum Gasteiger partial charge on any atom is -0.480 e. The molecule has 1 aliphatic carbocycles. The molecular formula is C18H20F3NO4. The molecule has 2 aliphatic rings. The Morgan fingerprint density at radius 2 is 1.85 bits per heavy atom. The number of hydrogen-bond acceptors (Lipinski definition) is 3. The Kier molecular flexibility index (Phi) is 5.22. The molecule has 3 rings (SSSR count). The molecule has 0 aromatic heterocycles. The molecule has 0 bridgehead atoms. The van der Waals surface area contributed by atoms with Crippen molar-refractivity contribution in [1.82, 2.24) is 4.90 Å². The largest absolute Gasteiger partial charge is 0.480 e. The topological polar surface area (TPSA) is 66.8 Å². The molecule has 1 aromatic carbocycles. The van der Waals surface area contributed by atoms with E-state index in [1.54, 1.807) is 0 Å². The van der Waals surface area contributed by atoms with Crippen LogP contribution in [-0.2, 0) is 20.5 Å². The Morgan fingerprint density at radius 1 is 1.19 bits per heavy atom. The van der Waals surface area contributed by atoms with E-state index in [4.69, 9.17) is 9.84 Å². The summed E-state index contributed by atoms with van der Waals surface area (Å²) in [5.41, 5.74) is -0.614. The maximum absolute atomic E-state index is 13.2. The number of ether oxygens (including phenoxy) is 1. The summed E-state index contributed by atoms with van der Waals surface area (Å²) >= 11 is 0. The predicted octanol–water partition coefficient (Wildman–Crippen LogP) is 2.90. The number of aliphatic carboxylic acids is 1. The molecule has 0 spiro atoms. The zero-order valence-electron chi connectivity index (χ0n) is 14.0. The second-order valence-corrected chi connectivity index (χ2v) is 6.74. The molecule has 1 aromatic rings. The summed E-state index contributed by atoms with van der Waals surface area (Å²) in [4.78, 5) is 25.3. The number of carboxylic acids is 1. The quantitative estimate of drug-likeness (QED) is 0.864. The first-order chi connectivity index (χ1) is 12.3.